The van der Waals surface area contributed by atoms with Gasteiger partial charge in [-0.15, -0.1) is 0 Å². The molecule has 0 bridgehead atoms. The van der Waals surface area contributed by atoms with E-state index in [1.807, 2.05) is 6.07 Å². The highest BCUT2D eigenvalue weighted by Crippen LogP contribution is 2.39. The van der Waals surface area contributed by atoms with Gasteiger partial charge in [0.2, 0.25) is 0 Å². The number of nitrogens with zero attached hydrogens (tertiary/aromatic N) is 2. The number of furan rings is 1. The van der Waals surface area contributed by atoms with Crippen LogP contribution in [0.1, 0.15) is 56.2 Å². The molecule has 0 fully saturated rings. The summed E-state index contributed by atoms with van der Waals surface area (Å²) in [5, 5.41) is 2.31. The molecule has 0 spiro atoms. The van der Waals surface area contributed by atoms with Crippen LogP contribution < -0.4 is 4.57 Å². The number of fused-ring (bicyclic) bond motifs is 3. The largest absolute Gasteiger partial charge is 0.455 e. The number of imidazole rings is 1. The fourth-order valence-electron chi connectivity index (χ4n) is 5.86. The second kappa shape index (κ2) is 9.33. The summed E-state index contributed by atoms with van der Waals surface area (Å²) in [6, 6.07) is 30.3. The minimum absolute atomic E-state index is 0.393. The SMILES string of the molecule is Cc1ccc2c(oc3ccccc32)c1-c1c[n+](-c2c(C(C)C)cccc2C(C)C)c(-c2ccccc2)n1C. The van der Waals surface area contributed by atoms with Crippen molar-refractivity contribution in [3.8, 4) is 28.3 Å². The molecule has 0 saturated carbocycles. The highest BCUT2D eigenvalue weighted by Gasteiger charge is 2.31. The summed E-state index contributed by atoms with van der Waals surface area (Å²) >= 11 is 0. The van der Waals surface area contributed by atoms with Crippen LogP contribution in [0.2, 0.25) is 0 Å². The molecule has 4 aromatic carbocycles. The zero-order valence-electron chi connectivity index (χ0n) is 23.1. The fraction of sp³-hybridized carbons (Fsp3) is 0.229. The molecular weight excluding hydrogens is 464 g/mol. The number of benzene rings is 4. The Morgan fingerprint density at radius 1 is 0.711 bits per heavy atom. The molecule has 0 aliphatic rings. The van der Waals surface area contributed by atoms with Crippen LogP contribution in [-0.2, 0) is 7.05 Å². The first-order valence-corrected chi connectivity index (χ1v) is 13.6. The molecule has 0 aliphatic carbocycles. The third kappa shape index (κ3) is 3.77. The van der Waals surface area contributed by atoms with E-state index in [0.29, 0.717) is 11.8 Å². The normalized spacial score (nSPS) is 11.9. The van der Waals surface area contributed by atoms with Gasteiger partial charge < -0.3 is 4.42 Å². The van der Waals surface area contributed by atoms with Gasteiger partial charge in [0.25, 0.3) is 5.82 Å². The molecule has 6 rings (SSSR count). The first kappa shape index (κ1) is 24.2. The summed E-state index contributed by atoms with van der Waals surface area (Å²) in [6.45, 7) is 11.3. The number of rotatable bonds is 5. The van der Waals surface area contributed by atoms with Crippen LogP contribution in [0.3, 0.4) is 0 Å². The van der Waals surface area contributed by atoms with Crippen molar-refractivity contribution in [2.24, 2.45) is 7.05 Å². The van der Waals surface area contributed by atoms with Crippen LogP contribution in [0.5, 0.6) is 0 Å². The van der Waals surface area contributed by atoms with Gasteiger partial charge in [0.15, 0.2) is 5.69 Å². The molecule has 2 aromatic heterocycles. The average molecular weight is 500 g/mol. The second-order valence-electron chi connectivity index (χ2n) is 11.0. The van der Waals surface area contributed by atoms with Crippen LogP contribution >= 0.6 is 0 Å². The van der Waals surface area contributed by atoms with Crippen LogP contribution in [0, 0.1) is 6.92 Å². The Balaban J connectivity index is 1.74. The first-order valence-electron chi connectivity index (χ1n) is 13.6. The molecule has 0 N–H and O–H groups in total. The number of aryl methyl sites for hydroxylation is 1. The zero-order chi connectivity index (χ0) is 26.6. The summed E-state index contributed by atoms with van der Waals surface area (Å²) in [5.74, 6) is 1.94. The van der Waals surface area contributed by atoms with E-state index < -0.39 is 0 Å². The maximum absolute atomic E-state index is 6.54. The van der Waals surface area contributed by atoms with Crippen LogP contribution in [-0.4, -0.2) is 4.57 Å². The van der Waals surface area contributed by atoms with Gasteiger partial charge in [0, 0.05) is 21.9 Å². The van der Waals surface area contributed by atoms with E-state index >= 15 is 0 Å². The van der Waals surface area contributed by atoms with Crippen molar-refractivity contribution in [2.45, 2.75) is 46.5 Å². The van der Waals surface area contributed by atoms with Gasteiger partial charge >= 0.3 is 0 Å². The van der Waals surface area contributed by atoms with Crippen molar-refractivity contribution in [2.75, 3.05) is 0 Å². The van der Waals surface area contributed by atoms with Gasteiger partial charge in [-0.1, -0.05) is 94.4 Å². The van der Waals surface area contributed by atoms with Crippen molar-refractivity contribution in [1.82, 2.24) is 4.57 Å². The molecule has 0 saturated heterocycles. The van der Waals surface area contributed by atoms with E-state index in [-0.39, 0.29) is 0 Å². The van der Waals surface area contributed by atoms with E-state index in [9.17, 15) is 0 Å². The molecule has 0 amide bonds. The zero-order valence-corrected chi connectivity index (χ0v) is 23.1. The molecule has 3 heteroatoms. The molecule has 6 aromatic rings. The molecular formula is C35H35N2O+. The highest BCUT2D eigenvalue weighted by molar-refractivity contribution is 6.09. The average Bonchev–Trinajstić information content (AvgIpc) is 3.46. The van der Waals surface area contributed by atoms with Crippen molar-refractivity contribution < 1.29 is 8.98 Å². The second-order valence-corrected chi connectivity index (χ2v) is 11.0. The summed E-state index contributed by atoms with van der Waals surface area (Å²) in [6.07, 6.45) is 2.32. The summed E-state index contributed by atoms with van der Waals surface area (Å²) in [7, 11) is 2.18. The van der Waals surface area contributed by atoms with Gasteiger partial charge in [0.05, 0.1) is 18.2 Å². The van der Waals surface area contributed by atoms with E-state index in [1.54, 1.807) is 0 Å². The van der Waals surface area contributed by atoms with Gasteiger partial charge in [-0.2, -0.15) is 4.57 Å². The Morgan fingerprint density at radius 2 is 1.37 bits per heavy atom. The molecule has 0 aliphatic heterocycles. The molecule has 2 heterocycles. The van der Waals surface area contributed by atoms with Gasteiger partial charge in [-0.25, -0.2) is 4.57 Å². The van der Waals surface area contributed by atoms with E-state index in [4.69, 9.17) is 4.42 Å². The fourth-order valence-corrected chi connectivity index (χ4v) is 5.86. The third-order valence-electron chi connectivity index (χ3n) is 7.79. The maximum atomic E-state index is 6.54. The maximum Gasteiger partial charge on any atom is 0.294 e. The molecule has 3 nitrogen and oxygen atoms in total. The Morgan fingerprint density at radius 3 is 2.05 bits per heavy atom. The lowest BCUT2D eigenvalue weighted by Crippen LogP contribution is -2.35. The van der Waals surface area contributed by atoms with Gasteiger partial charge in [-0.3, -0.25) is 0 Å². The van der Waals surface area contributed by atoms with Gasteiger partial charge in [-0.05, 0) is 42.5 Å². The molecule has 0 radical (unpaired) electrons. The Labute approximate surface area is 225 Å². The third-order valence-corrected chi connectivity index (χ3v) is 7.79. The van der Waals surface area contributed by atoms with Crippen LogP contribution in [0.25, 0.3) is 50.3 Å². The molecule has 38 heavy (non-hydrogen) atoms. The van der Waals surface area contributed by atoms with Crippen molar-refractivity contribution in [3.63, 3.8) is 0 Å². The number of aromatic nitrogens is 2. The Hall–Kier alpha value is -4.11. The van der Waals surface area contributed by atoms with Crippen LogP contribution in [0.15, 0.2) is 95.5 Å². The van der Waals surface area contributed by atoms with Gasteiger partial charge in [0.1, 0.15) is 23.1 Å². The standard InChI is InChI=1S/C35H35N2O/c1-22(2)26-16-12-17-27(23(3)4)33(26)37-21-30(36(6)35(37)25-13-8-7-9-14-25)32-24(5)19-20-29-28-15-10-11-18-31(28)38-34(29)32/h7-23H,1-6H3/q+1. The minimum atomic E-state index is 0.393. The molecule has 0 unspecified atom stereocenters. The van der Waals surface area contributed by atoms with Crippen molar-refractivity contribution in [1.29, 1.82) is 0 Å². The van der Waals surface area contributed by atoms with E-state index in [0.717, 1.165) is 39.0 Å². The lowest BCUT2D eigenvalue weighted by molar-refractivity contribution is -0.584. The summed E-state index contributed by atoms with van der Waals surface area (Å²) in [5.41, 5.74) is 10.5. The van der Waals surface area contributed by atoms with E-state index in [2.05, 4.69) is 136 Å². The lowest BCUT2D eigenvalue weighted by Gasteiger charge is -2.17. The number of hydrogen-bond donors (Lipinski definition) is 0. The Kier molecular flexibility index (Phi) is 5.95. The van der Waals surface area contributed by atoms with Crippen molar-refractivity contribution >= 4 is 21.9 Å². The summed E-state index contributed by atoms with van der Waals surface area (Å²) in [4.78, 5) is 0. The van der Waals surface area contributed by atoms with E-state index in [1.165, 1.54) is 27.9 Å². The predicted molar refractivity (Wildman–Crippen MR) is 158 cm³/mol. The predicted octanol–water partition coefficient (Wildman–Crippen LogP) is 9.09. The molecule has 0 atom stereocenters. The minimum Gasteiger partial charge on any atom is -0.455 e. The monoisotopic (exact) mass is 499 g/mol. The smallest absolute Gasteiger partial charge is 0.294 e. The lowest BCUT2D eigenvalue weighted by atomic mass is 9.92. The van der Waals surface area contributed by atoms with Crippen molar-refractivity contribution in [3.05, 3.63) is 108 Å². The summed E-state index contributed by atoms with van der Waals surface area (Å²) < 4.78 is 11.3. The van der Waals surface area contributed by atoms with Crippen LogP contribution in [0.4, 0.5) is 0 Å². The first-order chi connectivity index (χ1) is 18.4. The highest BCUT2D eigenvalue weighted by atomic mass is 16.3. The topological polar surface area (TPSA) is 21.9 Å². The Bertz CT molecular complexity index is 1760. The quantitative estimate of drug-likeness (QED) is 0.217. The number of hydrogen-bond acceptors (Lipinski definition) is 1. The molecule has 190 valence electrons. The number of para-hydroxylation sites is 2.